The summed E-state index contributed by atoms with van der Waals surface area (Å²) in [6.45, 7) is 12.1. The van der Waals surface area contributed by atoms with Crippen LogP contribution < -0.4 is 0 Å². The Morgan fingerprint density at radius 2 is 1.42 bits per heavy atom. The standard InChI is InChI=1S/C25H32Cl2N2O2/c1-17(2)22-16-28(24(30)31-25(3,4)5)14-15-29(22)23(18-6-10-20(26)11-7-18)19-8-12-21(27)13-9-19/h6-13,17,22-23H,14-16H2,1-5H3/t22-/m0/s1. The highest BCUT2D eigenvalue weighted by atomic mass is 35.5. The highest BCUT2D eigenvalue weighted by Crippen LogP contribution is 2.35. The molecule has 1 aliphatic rings. The van der Waals surface area contributed by atoms with E-state index in [1.54, 1.807) is 0 Å². The van der Waals surface area contributed by atoms with Gasteiger partial charge >= 0.3 is 6.09 Å². The number of nitrogens with zero attached hydrogens (tertiary/aromatic N) is 2. The first-order valence-electron chi connectivity index (χ1n) is 10.8. The minimum atomic E-state index is -0.503. The van der Waals surface area contributed by atoms with Crippen molar-refractivity contribution in [1.29, 1.82) is 0 Å². The van der Waals surface area contributed by atoms with Crippen LogP contribution in [-0.4, -0.2) is 47.2 Å². The van der Waals surface area contributed by atoms with Gasteiger partial charge in [0.1, 0.15) is 5.60 Å². The summed E-state index contributed by atoms with van der Waals surface area (Å²) in [6.07, 6.45) is -0.243. The fraction of sp³-hybridized carbons (Fsp3) is 0.480. The van der Waals surface area contributed by atoms with Gasteiger partial charge in [-0.2, -0.15) is 0 Å². The normalized spacial score (nSPS) is 18.0. The molecule has 0 bridgehead atoms. The van der Waals surface area contributed by atoms with Gasteiger partial charge in [-0.25, -0.2) is 4.79 Å². The van der Waals surface area contributed by atoms with E-state index in [9.17, 15) is 4.79 Å². The first-order chi connectivity index (χ1) is 14.5. The molecule has 0 radical (unpaired) electrons. The topological polar surface area (TPSA) is 32.8 Å². The van der Waals surface area contributed by atoms with Crippen molar-refractivity contribution in [2.75, 3.05) is 19.6 Å². The first kappa shape index (κ1) is 23.9. The van der Waals surface area contributed by atoms with E-state index >= 15 is 0 Å². The van der Waals surface area contributed by atoms with Crippen LogP contribution in [-0.2, 0) is 4.74 Å². The minimum Gasteiger partial charge on any atom is -0.444 e. The van der Waals surface area contributed by atoms with Crippen molar-refractivity contribution in [2.45, 2.75) is 52.3 Å². The number of carbonyl (C=O) groups is 1. The third-order valence-corrected chi connectivity index (χ3v) is 6.09. The molecule has 0 aromatic heterocycles. The van der Waals surface area contributed by atoms with E-state index in [0.29, 0.717) is 29.1 Å². The summed E-state index contributed by atoms with van der Waals surface area (Å²) in [5.74, 6) is 0.354. The molecule has 2 aromatic rings. The minimum absolute atomic E-state index is 0.0442. The van der Waals surface area contributed by atoms with Gasteiger partial charge in [-0.15, -0.1) is 0 Å². The summed E-state index contributed by atoms with van der Waals surface area (Å²) in [6, 6.07) is 16.3. The molecule has 1 saturated heterocycles. The van der Waals surface area contributed by atoms with E-state index in [-0.39, 0.29) is 18.2 Å². The SMILES string of the molecule is CC(C)[C@@H]1CN(C(=O)OC(C)(C)C)CCN1C(c1ccc(Cl)cc1)c1ccc(Cl)cc1. The van der Waals surface area contributed by atoms with Crippen molar-refractivity contribution >= 4 is 29.3 Å². The van der Waals surface area contributed by atoms with E-state index < -0.39 is 5.60 Å². The fourth-order valence-electron chi connectivity index (χ4n) is 4.10. The molecule has 1 aliphatic heterocycles. The fourth-order valence-corrected chi connectivity index (χ4v) is 4.35. The number of hydrogen-bond donors (Lipinski definition) is 0. The number of ether oxygens (including phenoxy) is 1. The Morgan fingerprint density at radius 1 is 0.935 bits per heavy atom. The predicted octanol–water partition coefficient (Wildman–Crippen LogP) is 6.66. The zero-order chi connectivity index (χ0) is 22.8. The summed E-state index contributed by atoms with van der Waals surface area (Å²) >= 11 is 12.3. The molecule has 168 valence electrons. The predicted molar refractivity (Wildman–Crippen MR) is 128 cm³/mol. The first-order valence-corrected chi connectivity index (χ1v) is 11.6. The maximum Gasteiger partial charge on any atom is 0.410 e. The summed E-state index contributed by atoms with van der Waals surface area (Å²) in [7, 11) is 0. The molecule has 0 aliphatic carbocycles. The van der Waals surface area contributed by atoms with Gasteiger partial charge < -0.3 is 9.64 Å². The zero-order valence-corrected chi connectivity index (χ0v) is 20.5. The van der Waals surface area contributed by atoms with Gasteiger partial charge in [0.05, 0.1) is 6.04 Å². The summed E-state index contributed by atoms with van der Waals surface area (Å²) in [4.78, 5) is 17.1. The quantitative estimate of drug-likeness (QED) is 0.508. The van der Waals surface area contributed by atoms with Gasteiger partial charge in [0, 0.05) is 35.7 Å². The van der Waals surface area contributed by atoms with Crippen LogP contribution in [0.5, 0.6) is 0 Å². The van der Waals surface area contributed by atoms with Gasteiger partial charge in [-0.1, -0.05) is 61.3 Å². The Balaban J connectivity index is 1.93. The number of benzene rings is 2. The van der Waals surface area contributed by atoms with Crippen molar-refractivity contribution in [2.24, 2.45) is 5.92 Å². The average Bonchev–Trinajstić information content (AvgIpc) is 2.69. The Bertz CT molecular complexity index is 830. The van der Waals surface area contributed by atoms with Crippen molar-refractivity contribution < 1.29 is 9.53 Å². The highest BCUT2D eigenvalue weighted by molar-refractivity contribution is 6.30. The second-order valence-corrected chi connectivity index (χ2v) is 10.4. The Labute approximate surface area is 196 Å². The Kier molecular flexibility index (Phi) is 7.56. The van der Waals surface area contributed by atoms with Gasteiger partial charge in [0.25, 0.3) is 0 Å². The van der Waals surface area contributed by atoms with Crippen molar-refractivity contribution in [1.82, 2.24) is 9.80 Å². The van der Waals surface area contributed by atoms with E-state index in [1.165, 1.54) is 11.1 Å². The third-order valence-electron chi connectivity index (χ3n) is 5.59. The molecule has 0 spiro atoms. The number of hydrogen-bond acceptors (Lipinski definition) is 3. The van der Waals surface area contributed by atoms with Crippen LogP contribution in [0.4, 0.5) is 4.79 Å². The summed E-state index contributed by atoms with van der Waals surface area (Å²) in [5, 5.41) is 1.43. The maximum atomic E-state index is 12.7. The molecule has 3 rings (SSSR count). The van der Waals surface area contributed by atoms with Crippen LogP contribution in [0.15, 0.2) is 48.5 Å². The maximum absolute atomic E-state index is 12.7. The molecule has 31 heavy (non-hydrogen) atoms. The molecule has 0 N–H and O–H groups in total. The number of amides is 1. The van der Waals surface area contributed by atoms with Crippen molar-refractivity contribution in [3.63, 3.8) is 0 Å². The lowest BCUT2D eigenvalue weighted by Crippen LogP contribution is -2.58. The zero-order valence-electron chi connectivity index (χ0n) is 18.9. The van der Waals surface area contributed by atoms with E-state index in [0.717, 1.165) is 6.54 Å². The molecule has 1 amide bonds. The number of carbonyl (C=O) groups excluding carboxylic acids is 1. The van der Waals surface area contributed by atoms with Crippen LogP contribution in [0.1, 0.15) is 51.8 Å². The smallest absolute Gasteiger partial charge is 0.410 e. The molecular weight excluding hydrogens is 431 g/mol. The van der Waals surface area contributed by atoms with Crippen LogP contribution in [0.25, 0.3) is 0 Å². The van der Waals surface area contributed by atoms with Gasteiger partial charge in [-0.05, 0) is 62.1 Å². The van der Waals surface area contributed by atoms with E-state index in [1.807, 2.05) is 49.9 Å². The molecule has 0 saturated carbocycles. The number of piperazine rings is 1. The van der Waals surface area contributed by atoms with Crippen molar-refractivity contribution in [3.05, 3.63) is 69.7 Å². The lowest BCUT2D eigenvalue weighted by molar-refractivity contribution is -0.00949. The third kappa shape index (κ3) is 6.15. The van der Waals surface area contributed by atoms with Crippen LogP contribution in [0, 0.1) is 5.92 Å². The molecule has 2 aromatic carbocycles. The molecule has 0 unspecified atom stereocenters. The molecule has 1 fully saturated rings. The molecule has 4 nitrogen and oxygen atoms in total. The van der Waals surface area contributed by atoms with Crippen LogP contribution in [0.2, 0.25) is 10.0 Å². The highest BCUT2D eigenvalue weighted by Gasteiger charge is 2.37. The van der Waals surface area contributed by atoms with E-state index in [4.69, 9.17) is 27.9 Å². The lowest BCUT2D eigenvalue weighted by atomic mass is 9.91. The monoisotopic (exact) mass is 462 g/mol. The summed E-state index contributed by atoms with van der Waals surface area (Å²) in [5.41, 5.74) is 1.84. The molecule has 1 atom stereocenters. The van der Waals surface area contributed by atoms with Crippen LogP contribution in [0.3, 0.4) is 0 Å². The number of rotatable bonds is 4. The molecule has 6 heteroatoms. The molecule has 1 heterocycles. The van der Waals surface area contributed by atoms with Gasteiger partial charge in [-0.3, -0.25) is 4.90 Å². The lowest BCUT2D eigenvalue weighted by Gasteiger charge is -2.47. The summed E-state index contributed by atoms with van der Waals surface area (Å²) < 4.78 is 5.64. The largest absolute Gasteiger partial charge is 0.444 e. The van der Waals surface area contributed by atoms with E-state index in [2.05, 4.69) is 43.0 Å². The van der Waals surface area contributed by atoms with Gasteiger partial charge in [0.2, 0.25) is 0 Å². The van der Waals surface area contributed by atoms with Crippen LogP contribution >= 0.6 is 23.2 Å². The Morgan fingerprint density at radius 3 is 1.84 bits per heavy atom. The average molecular weight is 463 g/mol. The second-order valence-electron chi connectivity index (χ2n) is 9.48. The number of halogens is 2. The Hall–Kier alpha value is -1.75. The van der Waals surface area contributed by atoms with Gasteiger partial charge in [0.15, 0.2) is 0 Å². The van der Waals surface area contributed by atoms with Crippen molar-refractivity contribution in [3.8, 4) is 0 Å². The molecular formula is C25H32Cl2N2O2. The second kappa shape index (κ2) is 9.81.